The second-order valence-electron chi connectivity index (χ2n) is 13.4. The first-order valence-electron chi connectivity index (χ1n) is 14.2. The summed E-state index contributed by atoms with van der Waals surface area (Å²) in [4.78, 5) is 0. The second-order valence-corrected chi connectivity index (χ2v) is 16.6. The van der Waals surface area contributed by atoms with Crippen molar-refractivity contribution in [2.75, 3.05) is 11.5 Å². The van der Waals surface area contributed by atoms with Crippen molar-refractivity contribution in [3.63, 3.8) is 0 Å². The lowest BCUT2D eigenvalue weighted by Gasteiger charge is -2.60. The number of allylic oxidation sites excluding steroid dienone is 2. The fourth-order valence-corrected chi connectivity index (χ4v) is 12.8. The van der Waals surface area contributed by atoms with Crippen LogP contribution in [0.15, 0.2) is 11.6 Å². The second kappa shape index (κ2) is 9.15. The molecule has 7 atom stereocenters. The van der Waals surface area contributed by atoms with E-state index in [9.17, 15) is 0 Å². The van der Waals surface area contributed by atoms with Gasteiger partial charge in [-0.25, -0.2) is 0 Å². The Kier molecular flexibility index (Phi) is 6.90. The molecule has 1 spiro atoms. The molecule has 2 heteroatoms. The summed E-state index contributed by atoms with van der Waals surface area (Å²) in [5, 5.41) is 0. The van der Waals surface area contributed by atoms with E-state index in [1.165, 1.54) is 88.6 Å². The first kappa shape index (κ1) is 24.1. The maximum atomic E-state index is 2.81. The van der Waals surface area contributed by atoms with Crippen molar-refractivity contribution in [1.29, 1.82) is 0 Å². The molecule has 1 aliphatic heterocycles. The summed E-state index contributed by atoms with van der Waals surface area (Å²) in [7, 11) is 0. The molecule has 1 heterocycles. The van der Waals surface area contributed by atoms with Crippen LogP contribution in [0.5, 0.6) is 0 Å². The number of hydrogen-bond acceptors (Lipinski definition) is 2. The summed E-state index contributed by atoms with van der Waals surface area (Å²) >= 11 is 4.64. The van der Waals surface area contributed by atoms with Gasteiger partial charge in [0.15, 0.2) is 0 Å². The van der Waals surface area contributed by atoms with Crippen LogP contribution in [0.2, 0.25) is 0 Å². The third-order valence-corrected chi connectivity index (χ3v) is 14.8. The van der Waals surface area contributed by atoms with Gasteiger partial charge in [0.05, 0.1) is 4.08 Å². The number of fused-ring (bicyclic) bond motifs is 5. The first-order valence-corrected chi connectivity index (χ1v) is 16.2. The molecule has 0 aromatic rings. The summed E-state index contributed by atoms with van der Waals surface area (Å²) in [6.07, 6.45) is 20.4. The minimum atomic E-state index is 0.523. The van der Waals surface area contributed by atoms with Gasteiger partial charge < -0.3 is 0 Å². The minimum absolute atomic E-state index is 0.523. The zero-order valence-corrected chi connectivity index (χ0v) is 23.4. The Morgan fingerprint density at radius 2 is 1.72 bits per heavy atom. The van der Waals surface area contributed by atoms with Crippen LogP contribution in [0, 0.1) is 46.3 Å². The molecule has 182 valence electrons. The molecular formula is C30H50S2. The Hall–Kier alpha value is 0.440. The molecule has 5 rings (SSSR count). The van der Waals surface area contributed by atoms with E-state index < -0.39 is 0 Å². The first-order chi connectivity index (χ1) is 15.3. The fraction of sp³-hybridized carbons (Fsp3) is 0.933. The molecule has 5 aliphatic rings. The zero-order chi connectivity index (χ0) is 22.6. The number of hydrogen-bond donors (Lipinski definition) is 0. The van der Waals surface area contributed by atoms with Crippen LogP contribution in [0.1, 0.15) is 112 Å². The molecule has 4 fully saturated rings. The van der Waals surface area contributed by atoms with E-state index in [0.29, 0.717) is 14.9 Å². The van der Waals surface area contributed by atoms with Crippen molar-refractivity contribution >= 4 is 23.5 Å². The van der Waals surface area contributed by atoms with Crippen molar-refractivity contribution in [1.82, 2.24) is 0 Å². The van der Waals surface area contributed by atoms with Gasteiger partial charge in [0.25, 0.3) is 0 Å². The van der Waals surface area contributed by atoms with Crippen LogP contribution in [0.4, 0.5) is 0 Å². The normalized spacial score (nSPS) is 44.0. The third kappa shape index (κ3) is 4.08. The summed E-state index contributed by atoms with van der Waals surface area (Å²) in [5.41, 5.74) is 3.05. The van der Waals surface area contributed by atoms with E-state index in [1.807, 2.05) is 5.57 Å². The topological polar surface area (TPSA) is 0 Å². The number of thioether (sulfide) groups is 2. The molecule has 1 saturated heterocycles. The average molecular weight is 475 g/mol. The molecule has 0 nitrogen and oxygen atoms in total. The predicted molar refractivity (Wildman–Crippen MR) is 145 cm³/mol. The largest absolute Gasteiger partial charge is 0.144 e. The van der Waals surface area contributed by atoms with Crippen LogP contribution < -0.4 is 0 Å². The fourth-order valence-electron chi connectivity index (χ4n) is 9.49. The Morgan fingerprint density at radius 1 is 0.938 bits per heavy atom. The highest BCUT2D eigenvalue weighted by Crippen LogP contribution is 2.69. The van der Waals surface area contributed by atoms with Crippen LogP contribution in [-0.2, 0) is 0 Å². The Labute approximate surface area is 208 Å². The van der Waals surface area contributed by atoms with Crippen LogP contribution >= 0.6 is 23.5 Å². The molecule has 0 amide bonds. The molecular weight excluding hydrogens is 424 g/mol. The third-order valence-electron chi connectivity index (χ3n) is 11.3. The molecule has 4 aliphatic carbocycles. The molecule has 32 heavy (non-hydrogen) atoms. The highest BCUT2D eigenvalue weighted by atomic mass is 32.2. The average Bonchev–Trinajstić information content (AvgIpc) is 3.12. The molecule has 0 N–H and O–H groups in total. The van der Waals surface area contributed by atoms with E-state index in [-0.39, 0.29) is 0 Å². The van der Waals surface area contributed by atoms with Gasteiger partial charge in [0.1, 0.15) is 0 Å². The molecule has 0 aromatic heterocycles. The van der Waals surface area contributed by atoms with E-state index in [4.69, 9.17) is 0 Å². The Morgan fingerprint density at radius 3 is 2.47 bits per heavy atom. The van der Waals surface area contributed by atoms with Gasteiger partial charge in [-0.3, -0.25) is 0 Å². The van der Waals surface area contributed by atoms with Crippen molar-refractivity contribution in [3.8, 4) is 0 Å². The molecule has 5 unspecified atom stereocenters. The van der Waals surface area contributed by atoms with Crippen molar-refractivity contribution in [3.05, 3.63) is 11.6 Å². The van der Waals surface area contributed by atoms with Crippen LogP contribution in [-0.4, -0.2) is 15.6 Å². The van der Waals surface area contributed by atoms with Gasteiger partial charge in [0, 0.05) is 0 Å². The lowest BCUT2D eigenvalue weighted by Crippen LogP contribution is -2.51. The van der Waals surface area contributed by atoms with E-state index in [2.05, 4.69) is 64.2 Å². The Bertz CT molecular complexity index is 704. The lowest BCUT2D eigenvalue weighted by molar-refractivity contribution is -0.0502. The monoisotopic (exact) mass is 474 g/mol. The maximum Gasteiger partial charge on any atom is 0.0648 e. The van der Waals surface area contributed by atoms with Crippen molar-refractivity contribution in [2.24, 2.45) is 46.3 Å². The van der Waals surface area contributed by atoms with Gasteiger partial charge in [-0.15, -0.1) is 23.5 Å². The lowest BCUT2D eigenvalue weighted by atomic mass is 9.47. The predicted octanol–water partition coefficient (Wildman–Crippen LogP) is 9.59. The maximum absolute atomic E-state index is 2.81. The van der Waals surface area contributed by atoms with E-state index in [1.54, 1.807) is 0 Å². The van der Waals surface area contributed by atoms with Gasteiger partial charge in [0.2, 0.25) is 0 Å². The molecule has 0 bridgehead atoms. The SMILES string of the molecule is CC(C)CCCC(C)C1CCC2C3CC=C4CC5(CC[C@]4(C)C3CC[C@]12C)SCCCS5. The van der Waals surface area contributed by atoms with Crippen molar-refractivity contribution in [2.45, 2.75) is 116 Å². The quantitative estimate of drug-likeness (QED) is 0.364. The zero-order valence-electron chi connectivity index (χ0n) is 21.8. The van der Waals surface area contributed by atoms with E-state index in [0.717, 1.165) is 35.5 Å². The summed E-state index contributed by atoms with van der Waals surface area (Å²) in [6, 6.07) is 0. The molecule has 0 aromatic carbocycles. The summed E-state index contributed by atoms with van der Waals surface area (Å²) in [6.45, 7) is 12.9. The smallest absolute Gasteiger partial charge is 0.0648 e. The molecule has 0 radical (unpaired) electrons. The Balaban J connectivity index is 1.31. The van der Waals surface area contributed by atoms with Crippen LogP contribution in [0.3, 0.4) is 0 Å². The number of rotatable bonds is 5. The van der Waals surface area contributed by atoms with Gasteiger partial charge >= 0.3 is 0 Å². The van der Waals surface area contributed by atoms with E-state index >= 15 is 0 Å². The summed E-state index contributed by atoms with van der Waals surface area (Å²) in [5.74, 6) is 8.56. The summed E-state index contributed by atoms with van der Waals surface area (Å²) < 4.78 is 0.545. The standard InChI is InChI=1S/C30H50S2/c1-21(2)8-6-9-22(3)25-12-13-26-24-11-10-23-20-30(31-18-7-19-32-30)17-16-28(23,4)27(24)14-15-29(25,26)5/h10,21-22,24-27H,6-9,11-20H2,1-5H3/t22?,24?,25?,26?,27?,28-,29+/m0/s1. The highest BCUT2D eigenvalue weighted by Gasteiger charge is 2.60. The molecule has 3 saturated carbocycles. The van der Waals surface area contributed by atoms with Gasteiger partial charge in [-0.2, -0.15) is 0 Å². The van der Waals surface area contributed by atoms with Crippen molar-refractivity contribution < 1.29 is 0 Å². The minimum Gasteiger partial charge on any atom is -0.144 e. The van der Waals surface area contributed by atoms with Gasteiger partial charge in [-0.1, -0.05) is 65.5 Å². The van der Waals surface area contributed by atoms with Crippen LogP contribution in [0.25, 0.3) is 0 Å². The highest BCUT2D eigenvalue weighted by molar-refractivity contribution is 8.18. The van der Waals surface area contributed by atoms with Gasteiger partial charge in [-0.05, 0) is 116 Å².